The van der Waals surface area contributed by atoms with Gasteiger partial charge in [0.2, 0.25) is 0 Å². The molecule has 0 aliphatic carbocycles. The van der Waals surface area contributed by atoms with Gasteiger partial charge in [0.15, 0.2) is 11.4 Å². The number of hydrogen-bond acceptors (Lipinski definition) is 8. The minimum absolute atomic E-state index is 0.0557. The van der Waals surface area contributed by atoms with Gasteiger partial charge in [-0.2, -0.15) is 0 Å². The number of thiazole rings is 1. The van der Waals surface area contributed by atoms with E-state index in [0.717, 1.165) is 36.1 Å². The van der Waals surface area contributed by atoms with E-state index in [4.69, 9.17) is 0 Å². The van der Waals surface area contributed by atoms with E-state index in [2.05, 4.69) is 25.0 Å². The number of aldehydes is 1. The molecule has 1 atom stereocenters. The molecule has 2 aromatic heterocycles. The van der Waals surface area contributed by atoms with Crippen LogP contribution in [0.4, 0.5) is 10.9 Å². The van der Waals surface area contributed by atoms with Gasteiger partial charge in [-0.15, -0.1) is 0 Å². The van der Waals surface area contributed by atoms with Crippen LogP contribution in [0.3, 0.4) is 0 Å². The van der Waals surface area contributed by atoms with Crippen LogP contribution in [0.25, 0.3) is 11.3 Å². The SMILES string of the molecule is CC.CC(C)S(=O)N1CCc2ncnc(Nc3nc(-c4ccccc4)c(C=O)s3)c2C1.CCOC. The first kappa shape index (κ1) is 28.7. The molecule has 0 fully saturated rings. The summed E-state index contributed by atoms with van der Waals surface area (Å²) >= 11 is 1.29. The molecule has 0 radical (unpaired) electrons. The lowest BCUT2D eigenvalue weighted by atomic mass is 10.1. The van der Waals surface area contributed by atoms with Gasteiger partial charge in [-0.05, 0) is 20.8 Å². The molecule has 8 nitrogen and oxygen atoms in total. The summed E-state index contributed by atoms with van der Waals surface area (Å²) in [6.07, 6.45) is 3.08. The van der Waals surface area contributed by atoms with E-state index in [1.54, 1.807) is 7.11 Å². The summed E-state index contributed by atoms with van der Waals surface area (Å²) in [6, 6.07) is 9.62. The Morgan fingerprint density at radius 1 is 1.23 bits per heavy atom. The molecule has 1 aliphatic heterocycles. The number of nitrogens with one attached hydrogen (secondary N) is 1. The zero-order valence-electron chi connectivity index (χ0n) is 21.3. The number of methoxy groups -OCH3 is 1. The third-order valence-corrected chi connectivity index (χ3v) is 7.47. The Hall–Kier alpha value is -2.53. The van der Waals surface area contributed by atoms with E-state index in [-0.39, 0.29) is 5.25 Å². The van der Waals surface area contributed by atoms with Gasteiger partial charge < -0.3 is 10.1 Å². The highest BCUT2D eigenvalue weighted by Gasteiger charge is 2.26. The standard InChI is InChI=1S/C20H21N5O2S2.C3H8O.C2H6/c1-13(2)29(27)25-9-8-16-15(10-25)19(22-12-21-16)24-20-23-18(17(11-26)28-20)14-6-4-3-5-7-14;1-3-4-2;1-2/h3-7,11-13H,8-10H2,1-2H3,(H,21,22,23,24);3H2,1-2H3;1-2H3. The Labute approximate surface area is 214 Å². The van der Waals surface area contributed by atoms with Crippen LogP contribution in [0.5, 0.6) is 0 Å². The lowest BCUT2D eigenvalue weighted by molar-refractivity contribution is 0.112. The molecule has 0 amide bonds. The van der Waals surface area contributed by atoms with E-state index in [1.807, 2.05) is 69.3 Å². The highest BCUT2D eigenvalue weighted by Crippen LogP contribution is 2.33. The normalized spacial score (nSPS) is 13.6. The number of anilines is 2. The maximum atomic E-state index is 12.5. The fourth-order valence-electron chi connectivity index (χ4n) is 3.25. The first-order valence-electron chi connectivity index (χ1n) is 11.7. The Kier molecular flexibility index (Phi) is 12.1. The molecule has 3 heterocycles. The molecule has 0 bridgehead atoms. The molecule has 3 aromatic rings. The summed E-state index contributed by atoms with van der Waals surface area (Å²) in [5.74, 6) is 0.645. The van der Waals surface area contributed by atoms with Crippen molar-refractivity contribution in [1.29, 1.82) is 0 Å². The molecule has 1 aliphatic rings. The van der Waals surface area contributed by atoms with Crippen molar-refractivity contribution < 1.29 is 13.7 Å². The first-order valence-corrected chi connectivity index (χ1v) is 13.7. The van der Waals surface area contributed by atoms with E-state index in [9.17, 15) is 9.00 Å². The van der Waals surface area contributed by atoms with Gasteiger partial charge >= 0.3 is 0 Å². The van der Waals surface area contributed by atoms with Crippen LogP contribution in [0.1, 0.15) is 55.5 Å². The fraction of sp³-hybridized carbons (Fsp3) is 0.440. The van der Waals surface area contributed by atoms with Crippen molar-refractivity contribution in [3.63, 3.8) is 0 Å². The number of fused-ring (bicyclic) bond motifs is 1. The summed E-state index contributed by atoms with van der Waals surface area (Å²) in [5, 5.41) is 3.90. The molecule has 35 heavy (non-hydrogen) atoms. The quantitative estimate of drug-likeness (QED) is 0.427. The predicted molar refractivity (Wildman–Crippen MR) is 145 cm³/mol. The zero-order valence-corrected chi connectivity index (χ0v) is 22.9. The van der Waals surface area contributed by atoms with Crippen LogP contribution in [-0.4, -0.2) is 55.3 Å². The topological polar surface area (TPSA) is 97.3 Å². The van der Waals surface area contributed by atoms with Gasteiger partial charge in [0.1, 0.15) is 12.1 Å². The van der Waals surface area contributed by atoms with Crippen molar-refractivity contribution in [1.82, 2.24) is 19.3 Å². The minimum Gasteiger partial charge on any atom is -0.385 e. The van der Waals surface area contributed by atoms with Crippen LogP contribution in [-0.2, 0) is 28.7 Å². The Morgan fingerprint density at radius 2 is 1.91 bits per heavy atom. The number of rotatable bonds is 7. The summed E-state index contributed by atoms with van der Waals surface area (Å²) < 4.78 is 19.0. The average molecular weight is 518 g/mol. The third kappa shape index (κ3) is 7.73. The van der Waals surface area contributed by atoms with Crippen LogP contribution in [0.15, 0.2) is 36.7 Å². The Balaban J connectivity index is 0.000000655. The second-order valence-corrected chi connectivity index (χ2v) is 10.5. The molecule has 1 unspecified atom stereocenters. The number of ether oxygens (including phenoxy) is 1. The van der Waals surface area contributed by atoms with Crippen molar-refractivity contribution in [2.45, 2.75) is 52.8 Å². The average Bonchev–Trinajstić information content (AvgIpc) is 3.33. The second kappa shape index (κ2) is 14.8. The second-order valence-electron chi connectivity index (χ2n) is 7.50. The van der Waals surface area contributed by atoms with E-state index in [1.165, 1.54) is 17.7 Å². The summed E-state index contributed by atoms with van der Waals surface area (Å²) in [5.41, 5.74) is 3.42. The maximum absolute atomic E-state index is 12.5. The number of nitrogens with zero attached hydrogens (tertiary/aromatic N) is 4. The first-order chi connectivity index (χ1) is 17.0. The van der Waals surface area contributed by atoms with Crippen molar-refractivity contribution in [2.75, 3.05) is 25.6 Å². The van der Waals surface area contributed by atoms with Gasteiger partial charge in [0, 0.05) is 49.6 Å². The number of carbonyl (C=O) groups is 1. The van der Waals surface area contributed by atoms with E-state index < -0.39 is 11.0 Å². The largest absolute Gasteiger partial charge is 0.385 e. The molecule has 1 N–H and O–H groups in total. The van der Waals surface area contributed by atoms with E-state index in [0.29, 0.717) is 34.6 Å². The van der Waals surface area contributed by atoms with Crippen molar-refractivity contribution in [3.8, 4) is 11.3 Å². The number of hydrogen-bond donors (Lipinski definition) is 1. The highest BCUT2D eigenvalue weighted by atomic mass is 32.2. The molecular weight excluding hydrogens is 482 g/mol. The minimum atomic E-state index is -1.06. The van der Waals surface area contributed by atoms with E-state index >= 15 is 0 Å². The monoisotopic (exact) mass is 517 g/mol. The number of benzene rings is 1. The van der Waals surface area contributed by atoms with Gasteiger partial charge in [0.25, 0.3) is 0 Å². The molecule has 1 aromatic carbocycles. The zero-order chi connectivity index (χ0) is 25.8. The van der Waals surface area contributed by atoms with Crippen LogP contribution in [0, 0.1) is 0 Å². The molecule has 0 saturated heterocycles. The lowest BCUT2D eigenvalue weighted by Crippen LogP contribution is -2.36. The summed E-state index contributed by atoms with van der Waals surface area (Å²) in [6.45, 7) is 11.9. The lowest BCUT2D eigenvalue weighted by Gasteiger charge is -2.29. The maximum Gasteiger partial charge on any atom is 0.189 e. The summed E-state index contributed by atoms with van der Waals surface area (Å²) in [4.78, 5) is 25.5. The smallest absolute Gasteiger partial charge is 0.189 e. The molecular formula is C25H35N5O3S2. The molecule has 0 saturated carbocycles. The Morgan fingerprint density at radius 3 is 2.51 bits per heavy atom. The molecule has 0 spiro atoms. The van der Waals surface area contributed by atoms with Gasteiger partial charge in [-0.3, -0.25) is 4.79 Å². The molecule has 190 valence electrons. The number of carbonyl (C=O) groups excluding carboxylic acids is 1. The van der Waals surface area contributed by atoms with Gasteiger partial charge in [-0.25, -0.2) is 23.5 Å². The Bertz CT molecular complexity index is 1090. The van der Waals surface area contributed by atoms with Crippen molar-refractivity contribution >= 4 is 39.6 Å². The third-order valence-electron chi connectivity index (χ3n) is 4.95. The molecule has 10 heteroatoms. The van der Waals surface area contributed by atoms with Gasteiger partial charge in [0.05, 0.1) is 27.3 Å². The summed E-state index contributed by atoms with van der Waals surface area (Å²) in [7, 11) is 0.625. The number of aromatic nitrogens is 3. The van der Waals surface area contributed by atoms with Gasteiger partial charge in [-0.1, -0.05) is 55.5 Å². The highest BCUT2D eigenvalue weighted by molar-refractivity contribution is 7.83. The molecule has 4 rings (SSSR count). The predicted octanol–water partition coefficient (Wildman–Crippen LogP) is 5.27. The van der Waals surface area contributed by atoms with Crippen LogP contribution < -0.4 is 5.32 Å². The van der Waals surface area contributed by atoms with Crippen molar-refractivity contribution in [2.24, 2.45) is 0 Å². The van der Waals surface area contributed by atoms with Crippen LogP contribution in [0.2, 0.25) is 0 Å². The fourth-order valence-corrected chi connectivity index (χ4v) is 5.17. The van der Waals surface area contributed by atoms with Crippen molar-refractivity contribution in [3.05, 3.63) is 52.8 Å². The van der Waals surface area contributed by atoms with Crippen LogP contribution >= 0.6 is 11.3 Å².